The molecule has 1 rings (SSSR count). The Morgan fingerprint density at radius 1 is 1.47 bits per heavy atom. The predicted octanol–water partition coefficient (Wildman–Crippen LogP) is 0.792. The van der Waals surface area contributed by atoms with Crippen LogP contribution in [-0.2, 0) is 9.59 Å². The molecular formula is C12H22N2O3. The molecule has 0 aromatic heterocycles. The SMILES string of the molecule is CC(C(=O)O)N(C)C(=O)CC1CCCCN1C. The molecule has 0 saturated carbocycles. The lowest BCUT2D eigenvalue weighted by Gasteiger charge is -2.33. The summed E-state index contributed by atoms with van der Waals surface area (Å²) in [5, 5.41) is 8.85. The van der Waals surface area contributed by atoms with Crippen LogP contribution in [0.1, 0.15) is 32.6 Å². The minimum Gasteiger partial charge on any atom is -0.480 e. The highest BCUT2D eigenvalue weighted by atomic mass is 16.4. The van der Waals surface area contributed by atoms with Gasteiger partial charge in [-0.2, -0.15) is 0 Å². The molecule has 1 heterocycles. The normalized spacial score (nSPS) is 23.1. The Morgan fingerprint density at radius 2 is 2.12 bits per heavy atom. The van der Waals surface area contributed by atoms with Crippen LogP contribution in [0.15, 0.2) is 0 Å². The van der Waals surface area contributed by atoms with Crippen molar-refractivity contribution in [3.63, 3.8) is 0 Å². The van der Waals surface area contributed by atoms with Crippen molar-refractivity contribution in [1.29, 1.82) is 0 Å². The fourth-order valence-electron chi connectivity index (χ4n) is 2.13. The lowest BCUT2D eigenvalue weighted by molar-refractivity contribution is -0.148. The molecule has 17 heavy (non-hydrogen) atoms. The summed E-state index contributed by atoms with van der Waals surface area (Å²) < 4.78 is 0. The first kappa shape index (κ1) is 14.0. The average molecular weight is 242 g/mol. The second kappa shape index (κ2) is 6.00. The van der Waals surface area contributed by atoms with Gasteiger partial charge < -0.3 is 14.9 Å². The maximum absolute atomic E-state index is 11.9. The van der Waals surface area contributed by atoms with Crippen LogP contribution >= 0.6 is 0 Å². The van der Waals surface area contributed by atoms with Gasteiger partial charge in [0.25, 0.3) is 0 Å². The summed E-state index contributed by atoms with van der Waals surface area (Å²) in [7, 11) is 3.58. The van der Waals surface area contributed by atoms with Gasteiger partial charge in [0.05, 0.1) is 0 Å². The zero-order valence-electron chi connectivity index (χ0n) is 10.8. The van der Waals surface area contributed by atoms with Gasteiger partial charge in [-0.3, -0.25) is 4.79 Å². The minimum atomic E-state index is -0.960. The lowest BCUT2D eigenvalue weighted by Crippen LogP contribution is -2.45. The summed E-state index contributed by atoms with van der Waals surface area (Å²) in [5.41, 5.74) is 0. The number of carboxylic acids is 1. The van der Waals surface area contributed by atoms with Gasteiger partial charge in [-0.15, -0.1) is 0 Å². The number of carbonyl (C=O) groups is 2. The molecule has 98 valence electrons. The molecule has 2 atom stereocenters. The summed E-state index contributed by atoms with van der Waals surface area (Å²) in [4.78, 5) is 26.3. The van der Waals surface area contributed by atoms with Crippen LogP contribution in [0, 0.1) is 0 Å². The number of carboxylic acid groups (broad SMARTS) is 1. The fraction of sp³-hybridized carbons (Fsp3) is 0.833. The van der Waals surface area contributed by atoms with E-state index in [9.17, 15) is 9.59 Å². The molecule has 0 aromatic carbocycles. The third kappa shape index (κ3) is 3.70. The van der Waals surface area contributed by atoms with E-state index < -0.39 is 12.0 Å². The number of amides is 1. The standard InChI is InChI=1S/C12H22N2O3/c1-9(12(16)17)14(3)11(15)8-10-6-4-5-7-13(10)2/h9-10H,4-8H2,1-3H3,(H,16,17). The van der Waals surface area contributed by atoms with E-state index in [1.165, 1.54) is 18.2 Å². The van der Waals surface area contributed by atoms with E-state index in [0.29, 0.717) is 6.42 Å². The maximum atomic E-state index is 11.9. The van der Waals surface area contributed by atoms with Crippen LogP contribution in [0.2, 0.25) is 0 Å². The van der Waals surface area contributed by atoms with Crippen molar-refractivity contribution in [2.45, 2.75) is 44.7 Å². The van der Waals surface area contributed by atoms with Gasteiger partial charge in [0.15, 0.2) is 0 Å². The molecule has 0 aromatic rings. The number of aliphatic carboxylic acids is 1. The van der Waals surface area contributed by atoms with Crippen molar-refractivity contribution < 1.29 is 14.7 Å². The molecule has 5 nitrogen and oxygen atoms in total. The Morgan fingerprint density at radius 3 is 2.65 bits per heavy atom. The topological polar surface area (TPSA) is 60.9 Å². The van der Waals surface area contributed by atoms with E-state index in [0.717, 1.165) is 19.4 Å². The molecule has 1 saturated heterocycles. The predicted molar refractivity (Wildman–Crippen MR) is 64.8 cm³/mol. The first-order chi connectivity index (χ1) is 7.93. The van der Waals surface area contributed by atoms with Crippen molar-refractivity contribution in [2.24, 2.45) is 0 Å². The van der Waals surface area contributed by atoms with Gasteiger partial charge in [0.1, 0.15) is 6.04 Å². The Labute approximate surface area is 102 Å². The molecule has 1 N–H and O–H groups in total. The van der Waals surface area contributed by atoms with Crippen molar-refractivity contribution >= 4 is 11.9 Å². The van der Waals surface area contributed by atoms with E-state index in [1.54, 1.807) is 7.05 Å². The zero-order chi connectivity index (χ0) is 13.0. The Bertz CT molecular complexity index is 293. The third-order valence-electron chi connectivity index (χ3n) is 3.66. The number of hydrogen-bond donors (Lipinski definition) is 1. The summed E-state index contributed by atoms with van der Waals surface area (Å²) in [6.45, 7) is 2.56. The summed E-state index contributed by atoms with van der Waals surface area (Å²) >= 11 is 0. The molecule has 1 fully saturated rings. The van der Waals surface area contributed by atoms with E-state index in [-0.39, 0.29) is 11.9 Å². The molecule has 0 radical (unpaired) electrons. The number of piperidine rings is 1. The summed E-state index contributed by atoms with van der Waals surface area (Å²) in [6.07, 6.45) is 3.78. The number of likely N-dealkylation sites (N-methyl/N-ethyl adjacent to an activating group) is 1. The Kier molecular flexibility index (Phi) is 4.93. The maximum Gasteiger partial charge on any atom is 0.326 e. The van der Waals surface area contributed by atoms with Gasteiger partial charge >= 0.3 is 5.97 Å². The van der Waals surface area contributed by atoms with Crippen LogP contribution in [0.3, 0.4) is 0 Å². The molecule has 1 aliphatic heterocycles. The molecule has 1 amide bonds. The van der Waals surface area contributed by atoms with Gasteiger partial charge in [0.2, 0.25) is 5.91 Å². The third-order valence-corrected chi connectivity index (χ3v) is 3.66. The lowest BCUT2D eigenvalue weighted by atomic mass is 9.99. The molecule has 5 heteroatoms. The van der Waals surface area contributed by atoms with E-state index in [2.05, 4.69) is 4.90 Å². The van der Waals surface area contributed by atoms with Crippen LogP contribution in [0.5, 0.6) is 0 Å². The van der Waals surface area contributed by atoms with Crippen LogP contribution in [0.25, 0.3) is 0 Å². The smallest absolute Gasteiger partial charge is 0.326 e. The number of rotatable bonds is 4. The first-order valence-corrected chi connectivity index (χ1v) is 6.12. The summed E-state index contributed by atoms with van der Waals surface area (Å²) in [6, 6.07) is -0.490. The monoisotopic (exact) mass is 242 g/mol. The van der Waals surface area contributed by atoms with E-state index >= 15 is 0 Å². The highest BCUT2D eigenvalue weighted by Crippen LogP contribution is 2.18. The number of likely N-dealkylation sites (tertiary alicyclic amines) is 1. The Hall–Kier alpha value is -1.10. The van der Waals surface area contributed by atoms with Gasteiger partial charge in [-0.1, -0.05) is 6.42 Å². The van der Waals surface area contributed by atoms with Crippen LogP contribution < -0.4 is 0 Å². The molecule has 0 spiro atoms. The van der Waals surface area contributed by atoms with Gasteiger partial charge in [-0.25, -0.2) is 4.79 Å². The summed E-state index contributed by atoms with van der Waals surface area (Å²) in [5.74, 6) is -1.04. The van der Waals surface area contributed by atoms with Crippen molar-refractivity contribution in [3.8, 4) is 0 Å². The second-order valence-corrected chi connectivity index (χ2v) is 4.85. The van der Waals surface area contributed by atoms with Crippen molar-refractivity contribution in [2.75, 3.05) is 20.6 Å². The quantitative estimate of drug-likeness (QED) is 0.792. The number of hydrogen-bond acceptors (Lipinski definition) is 3. The Balaban J connectivity index is 2.50. The van der Waals surface area contributed by atoms with Crippen molar-refractivity contribution in [1.82, 2.24) is 9.80 Å². The molecule has 0 bridgehead atoms. The largest absolute Gasteiger partial charge is 0.480 e. The van der Waals surface area contributed by atoms with Gasteiger partial charge in [-0.05, 0) is 33.4 Å². The molecular weight excluding hydrogens is 220 g/mol. The molecule has 1 aliphatic rings. The second-order valence-electron chi connectivity index (χ2n) is 4.85. The van der Waals surface area contributed by atoms with Crippen LogP contribution in [-0.4, -0.2) is 59.5 Å². The average Bonchev–Trinajstić information content (AvgIpc) is 2.30. The fourth-order valence-corrected chi connectivity index (χ4v) is 2.13. The van der Waals surface area contributed by atoms with Gasteiger partial charge in [0, 0.05) is 19.5 Å². The number of nitrogens with zero attached hydrogens (tertiary/aromatic N) is 2. The van der Waals surface area contributed by atoms with E-state index in [1.807, 2.05) is 7.05 Å². The number of carbonyl (C=O) groups excluding carboxylic acids is 1. The highest BCUT2D eigenvalue weighted by Gasteiger charge is 2.26. The van der Waals surface area contributed by atoms with Crippen LogP contribution in [0.4, 0.5) is 0 Å². The molecule has 0 aliphatic carbocycles. The highest BCUT2D eigenvalue weighted by molar-refractivity contribution is 5.83. The van der Waals surface area contributed by atoms with E-state index in [4.69, 9.17) is 5.11 Å². The minimum absolute atomic E-state index is 0.0846. The first-order valence-electron chi connectivity index (χ1n) is 6.12. The van der Waals surface area contributed by atoms with Crippen molar-refractivity contribution in [3.05, 3.63) is 0 Å². The zero-order valence-corrected chi connectivity index (χ0v) is 10.8. The molecule has 2 unspecified atom stereocenters.